The highest BCUT2D eigenvalue weighted by Crippen LogP contribution is 2.23. The van der Waals surface area contributed by atoms with Crippen LogP contribution in [0.2, 0.25) is 0 Å². The topological polar surface area (TPSA) is 87.9 Å². The minimum absolute atomic E-state index is 0.0716. The fraction of sp³-hybridized carbons (Fsp3) is 0.250. The van der Waals surface area contributed by atoms with Crippen molar-refractivity contribution in [3.8, 4) is 6.07 Å². The Bertz CT molecular complexity index is 1120. The van der Waals surface area contributed by atoms with Crippen molar-refractivity contribution in [2.45, 2.75) is 19.0 Å². The minimum Gasteiger partial charge on any atom is -0.341 e. The fourth-order valence-electron chi connectivity index (χ4n) is 3.47. The number of aromatic nitrogens is 2. The van der Waals surface area contributed by atoms with E-state index in [9.17, 15) is 10.1 Å². The maximum atomic E-state index is 13.3. The van der Waals surface area contributed by atoms with Crippen LogP contribution in [0.4, 0.5) is 5.95 Å². The second kappa shape index (κ2) is 7.14. The second-order valence-electron chi connectivity index (χ2n) is 6.73. The number of nitrogens with two attached hydrogens (primary N) is 1. The van der Waals surface area contributed by atoms with E-state index in [1.165, 1.54) is 0 Å². The molecule has 0 spiro atoms. The maximum absolute atomic E-state index is 13.3. The van der Waals surface area contributed by atoms with Crippen LogP contribution in [0.15, 0.2) is 51.7 Å². The van der Waals surface area contributed by atoms with Crippen molar-refractivity contribution in [3.05, 3.63) is 68.4 Å². The predicted octanol–water partition coefficient (Wildman–Crippen LogP) is 2.62. The van der Waals surface area contributed by atoms with Crippen molar-refractivity contribution in [1.82, 2.24) is 9.55 Å². The van der Waals surface area contributed by atoms with Gasteiger partial charge in [-0.25, -0.2) is 4.98 Å². The molecule has 27 heavy (non-hydrogen) atoms. The van der Waals surface area contributed by atoms with Crippen LogP contribution >= 0.6 is 15.9 Å². The molecule has 0 saturated carbocycles. The summed E-state index contributed by atoms with van der Waals surface area (Å²) in [5, 5.41) is 9.95. The smallest absolute Gasteiger partial charge is 0.263 e. The van der Waals surface area contributed by atoms with Gasteiger partial charge in [0.2, 0.25) is 5.95 Å². The van der Waals surface area contributed by atoms with Crippen molar-refractivity contribution >= 4 is 32.8 Å². The molecule has 7 heteroatoms. The highest BCUT2D eigenvalue weighted by atomic mass is 79.9. The first kappa shape index (κ1) is 17.7. The lowest BCUT2D eigenvalue weighted by atomic mass is 10.1. The number of rotatable bonds is 3. The average Bonchev–Trinajstić information content (AvgIpc) is 3.11. The molecule has 0 amide bonds. The van der Waals surface area contributed by atoms with Crippen molar-refractivity contribution in [2.75, 3.05) is 18.0 Å². The molecule has 1 aromatic heterocycles. The lowest BCUT2D eigenvalue weighted by molar-refractivity contribution is 0.707. The maximum Gasteiger partial charge on any atom is 0.263 e. The van der Waals surface area contributed by atoms with Gasteiger partial charge in [-0.2, -0.15) is 5.26 Å². The predicted molar refractivity (Wildman–Crippen MR) is 109 cm³/mol. The van der Waals surface area contributed by atoms with E-state index >= 15 is 0 Å². The Kier molecular flexibility index (Phi) is 4.68. The van der Waals surface area contributed by atoms with Crippen LogP contribution < -0.4 is 16.2 Å². The third-order valence-corrected chi connectivity index (χ3v) is 5.36. The highest BCUT2D eigenvalue weighted by Gasteiger charge is 2.24. The number of hydrogen-bond acceptors (Lipinski definition) is 5. The van der Waals surface area contributed by atoms with Gasteiger partial charge in [-0.3, -0.25) is 9.36 Å². The van der Waals surface area contributed by atoms with Gasteiger partial charge < -0.3 is 10.6 Å². The number of benzene rings is 2. The lowest BCUT2D eigenvalue weighted by Crippen LogP contribution is -2.34. The van der Waals surface area contributed by atoms with Crippen LogP contribution in [0.1, 0.15) is 17.5 Å². The highest BCUT2D eigenvalue weighted by molar-refractivity contribution is 9.10. The van der Waals surface area contributed by atoms with E-state index in [4.69, 9.17) is 10.7 Å². The summed E-state index contributed by atoms with van der Waals surface area (Å²) in [6, 6.07) is 15.1. The van der Waals surface area contributed by atoms with Crippen molar-refractivity contribution < 1.29 is 0 Å². The Labute approximate surface area is 165 Å². The largest absolute Gasteiger partial charge is 0.341 e. The molecule has 0 aliphatic carbocycles. The lowest BCUT2D eigenvalue weighted by Gasteiger charge is -2.22. The van der Waals surface area contributed by atoms with Gasteiger partial charge in [0.05, 0.1) is 29.1 Å². The number of anilines is 1. The molecule has 1 aliphatic heterocycles. The molecule has 0 radical (unpaired) electrons. The van der Waals surface area contributed by atoms with E-state index in [1.807, 2.05) is 30.3 Å². The Morgan fingerprint density at radius 1 is 1.30 bits per heavy atom. The first-order chi connectivity index (χ1) is 13.1. The van der Waals surface area contributed by atoms with E-state index in [1.54, 1.807) is 16.7 Å². The van der Waals surface area contributed by atoms with E-state index in [0.717, 1.165) is 23.0 Å². The monoisotopic (exact) mass is 423 g/mol. The quantitative estimate of drug-likeness (QED) is 0.699. The van der Waals surface area contributed by atoms with E-state index in [0.29, 0.717) is 35.5 Å². The van der Waals surface area contributed by atoms with Crippen LogP contribution in [0.3, 0.4) is 0 Å². The van der Waals surface area contributed by atoms with Crippen molar-refractivity contribution in [3.63, 3.8) is 0 Å². The van der Waals surface area contributed by atoms with Gasteiger partial charge in [-0.05, 0) is 36.2 Å². The third kappa shape index (κ3) is 3.34. The summed E-state index contributed by atoms with van der Waals surface area (Å²) in [4.78, 5) is 20.1. The SMILES string of the molecule is N#Cc1ccccc1Cn1c(N2CCC(N)C2)nc2ccc(Br)cc2c1=O. The summed E-state index contributed by atoms with van der Waals surface area (Å²) in [5.74, 6) is 0.607. The van der Waals surface area contributed by atoms with Crippen molar-refractivity contribution in [2.24, 2.45) is 5.73 Å². The summed E-state index contributed by atoms with van der Waals surface area (Å²) in [7, 11) is 0. The molecular formula is C20H18BrN5O. The average molecular weight is 424 g/mol. The first-order valence-electron chi connectivity index (χ1n) is 8.75. The molecule has 2 N–H and O–H groups in total. The van der Waals surface area contributed by atoms with Gasteiger partial charge in [-0.15, -0.1) is 0 Å². The molecule has 1 fully saturated rings. The van der Waals surface area contributed by atoms with Crippen LogP contribution in [-0.4, -0.2) is 28.7 Å². The molecule has 3 aromatic rings. The molecule has 6 nitrogen and oxygen atoms in total. The molecule has 4 rings (SSSR count). The number of nitrogens with zero attached hydrogens (tertiary/aromatic N) is 4. The molecule has 2 heterocycles. The van der Waals surface area contributed by atoms with E-state index in [2.05, 4.69) is 26.9 Å². The molecule has 0 bridgehead atoms. The Balaban J connectivity index is 1.92. The summed E-state index contributed by atoms with van der Waals surface area (Å²) in [5.41, 5.74) is 7.96. The molecular weight excluding hydrogens is 406 g/mol. The zero-order valence-electron chi connectivity index (χ0n) is 14.6. The summed E-state index contributed by atoms with van der Waals surface area (Å²) in [6.07, 6.45) is 0.864. The molecule has 1 atom stereocenters. The van der Waals surface area contributed by atoms with E-state index in [-0.39, 0.29) is 11.6 Å². The second-order valence-corrected chi connectivity index (χ2v) is 7.64. The first-order valence-corrected chi connectivity index (χ1v) is 9.55. The zero-order chi connectivity index (χ0) is 19.0. The number of halogens is 1. The van der Waals surface area contributed by atoms with Gasteiger partial charge in [-0.1, -0.05) is 34.1 Å². The van der Waals surface area contributed by atoms with E-state index < -0.39 is 0 Å². The third-order valence-electron chi connectivity index (χ3n) is 4.87. The van der Waals surface area contributed by atoms with Crippen LogP contribution in [-0.2, 0) is 6.54 Å². The fourth-order valence-corrected chi connectivity index (χ4v) is 3.83. The molecule has 1 saturated heterocycles. The minimum atomic E-state index is -0.121. The van der Waals surface area contributed by atoms with Crippen LogP contribution in [0.5, 0.6) is 0 Å². The number of fused-ring (bicyclic) bond motifs is 1. The van der Waals surface area contributed by atoms with Gasteiger partial charge in [0.1, 0.15) is 0 Å². The standard InChI is InChI=1S/C20H18BrN5O/c21-15-5-6-18-17(9-15)19(27)26(11-14-4-2-1-3-13(14)10-22)20(24-18)25-8-7-16(23)12-25/h1-6,9,16H,7-8,11-12,23H2. The Hall–Kier alpha value is -2.69. The van der Waals surface area contributed by atoms with Gasteiger partial charge in [0.15, 0.2) is 0 Å². The summed E-state index contributed by atoms with van der Waals surface area (Å²) >= 11 is 3.43. The molecule has 1 unspecified atom stereocenters. The normalized spacial score (nSPS) is 16.6. The number of nitriles is 1. The molecule has 2 aromatic carbocycles. The Morgan fingerprint density at radius 2 is 2.11 bits per heavy atom. The van der Waals surface area contributed by atoms with Gasteiger partial charge >= 0.3 is 0 Å². The van der Waals surface area contributed by atoms with Gasteiger partial charge in [0.25, 0.3) is 5.56 Å². The van der Waals surface area contributed by atoms with Gasteiger partial charge in [0, 0.05) is 23.6 Å². The van der Waals surface area contributed by atoms with Crippen LogP contribution in [0, 0.1) is 11.3 Å². The molecule has 1 aliphatic rings. The number of hydrogen-bond donors (Lipinski definition) is 1. The molecule has 136 valence electrons. The summed E-state index contributed by atoms with van der Waals surface area (Å²) < 4.78 is 2.48. The Morgan fingerprint density at radius 3 is 2.85 bits per heavy atom. The van der Waals surface area contributed by atoms with Crippen molar-refractivity contribution in [1.29, 1.82) is 5.26 Å². The van der Waals surface area contributed by atoms with Crippen LogP contribution in [0.25, 0.3) is 10.9 Å². The summed E-state index contributed by atoms with van der Waals surface area (Å²) in [6.45, 7) is 1.71. The zero-order valence-corrected chi connectivity index (χ0v) is 16.2.